The van der Waals surface area contributed by atoms with Crippen molar-refractivity contribution in [1.29, 1.82) is 0 Å². The van der Waals surface area contributed by atoms with Crippen LogP contribution < -0.4 is 0 Å². The van der Waals surface area contributed by atoms with Crippen molar-refractivity contribution in [3.8, 4) is 21.6 Å². The summed E-state index contributed by atoms with van der Waals surface area (Å²) in [5.74, 6) is 0.266. The lowest BCUT2D eigenvalue weighted by Crippen LogP contribution is -2.04. The lowest BCUT2D eigenvalue weighted by atomic mass is 10.0. The van der Waals surface area contributed by atoms with Gasteiger partial charge in [0.2, 0.25) is 0 Å². The van der Waals surface area contributed by atoms with Gasteiger partial charge >= 0.3 is 5.97 Å². The van der Waals surface area contributed by atoms with Crippen molar-refractivity contribution in [2.24, 2.45) is 0 Å². The van der Waals surface area contributed by atoms with E-state index >= 15 is 0 Å². The smallest absolute Gasteiger partial charge is 0.338 e. The third-order valence-electron chi connectivity index (χ3n) is 4.17. The fourth-order valence-corrected chi connectivity index (χ4v) is 3.64. The van der Waals surface area contributed by atoms with E-state index in [9.17, 15) is 4.79 Å². The normalized spacial score (nSPS) is 10.9. The molecule has 0 radical (unpaired) electrons. The van der Waals surface area contributed by atoms with E-state index in [1.165, 1.54) is 16.0 Å². The minimum Gasteiger partial charge on any atom is -0.462 e. The molecular formula is C22H22O2S. The van der Waals surface area contributed by atoms with Crippen molar-refractivity contribution in [2.75, 3.05) is 6.61 Å². The SMILES string of the molecule is CCOC(=O)c1cccc(-c2csc(-c3ccc(C(C)C)cc3)c2)c1. The van der Waals surface area contributed by atoms with Gasteiger partial charge in [-0.3, -0.25) is 0 Å². The Morgan fingerprint density at radius 3 is 2.44 bits per heavy atom. The Kier molecular flexibility index (Phi) is 5.34. The zero-order chi connectivity index (χ0) is 17.8. The monoisotopic (exact) mass is 350 g/mol. The molecule has 0 spiro atoms. The molecular weight excluding hydrogens is 328 g/mol. The Morgan fingerprint density at radius 1 is 1.00 bits per heavy atom. The molecule has 3 rings (SSSR count). The van der Waals surface area contributed by atoms with E-state index in [1.54, 1.807) is 17.4 Å². The van der Waals surface area contributed by atoms with Crippen LogP contribution in [0.1, 0.15) is 42.6 Å². The number of hydrogen-bond acceptors (Lipinski definition) is 3. The summed E-state index contributed by atoms with van der Waals surface area (Å²) in [7, 11) is 0. The van der Waals surface area contributed by atoms with E-state index in [1.807, 2.05) is 25.1 Å². The van der Waals surface area contributed by atoms with Crippen LogP contribution in [0.25, 0.3) is 21.6 Å². The van der Waals surface area contributed by atoms with E-state index in [0.29, 0.717) is 18.1 Å². The fourth-order valence-electron chi connectivity index (χ4n) is 2.71. The third kappa shape index (κ3) is 3.99. The van der Waals surface area contributed by atoms with Gasteiger partial charge in [0.25, 0.3) is 0 Å². The van der Waals surface area contributed by atoms with Crippen LogP contribution in [0.5, 0.6) is 0 Å². The highest BCUT2D eigenvalue weighted by Gasteiger charge is 2.10. The quantitative estimate of drug-likeness (QED) is 0.499. The first-order chi connectivity index (χ1) is 12.1. The zero-order valence-electron chi connectivity index (χ0n) is 14.8. The first-order valence-electron chi connectivity index (χ1n) is 8.55. The second-order valence-electron chi connectivity index (χ2n) is 6.28. The van der Waals surface area contributed by atoms with Crippen molar-refractivity contribution in [2.45, 2.75) is 26.7 Å². The average molecular weight is 350 g/mol. The number of carbonyl (C=O) groups excluding carboxylic acids is 1. The van der Waals surface area contributed by atoms with E-state index < -0.39 is 0 Å². The number of hydrogen-bond donors (Lipinski definition) is 0. The van der Waals surface area contributed by atoms with Crippen LogP contribution >= 0.6 is 11.3 Å². The van der Waals surface area contributed by atoms with Gasteiger partial charge in [-0.25, -0.2) is 4.79 Å². The molecule has 0 aliphatic carbocycles. The van der Waals surface area contributed by atoms with Crippen LogP contribution in [0.15, 0.2) is 60.0 Å². The molecule has 1 aromatic heterocycles. The number of benzene rings is 2. The highest BCUT2D eigenvalue weighted by atomic mass is 32.1. The average Bonchev–Trinajstić information content (AvgIpc) is 3.12. The molecule has 0 fully saturated rings. The van der Waals surface area contributed by atoms with Crippen LogP contribution in [0.4, 0.5) is 0 Å². The number of carbonyl (C=O) groups is 1. The lowest BCUT2D eigenvalue weighted by molar-refractivity contribution is 0.0526. The predicted octanol–water partition coefficient (Wildman–Crippen LogP) is 6.38. The predicted molar refractivity (Wildman–Crippen MR) is 105 cm³/mol. The highest BCUT2D eigenvalue weighted by Crippen LogP contribution is 2.33. The molecule has 0 saturated heterocycles. The van der Waals surface area contributed by atoms with Crippen molar-refractivity contribution < 1.29 is 9.53 Å². The topological polar surface area (TPSA) is 26.3 Å². The Labute approximate surface area is 153 Å². The minimum atomic E-state index is -0.274. The van der Waals surface area contributed by atoms with Crippen LogP contribution in [-0.4, -0.2) is 12.6 Å². The molecule has 3 heteroatoms. The van der Waals surface area contributed by atoms with E-state index in [-0.39, 0.29) is 5.97 Å². The summed E-state index contributed by atoms with van der Waals surface area (Å²) in [6.07, 6.45) is 0. The molecule has 1 heterocycles. The summed E-state index contributed by atoms with van der Waals surface area (Å²) in [5, 5.41) is 2.13. The number of thiophene rings is 1. The van der Waals surface area contributed by atoms with Gasteiger partial charge in [-0.05, 0) is 58.7 Å². The van der Waals surface area contributed by atoms with Crippen molar-refractivity contribution in [1.82, 2.24) is 0 Å². The second kappa shape index (κ2) is 7.66. The molecule has 0 aliphatic rings. The minimum absolute atomic E-state index is 0.274. The molecule has 0 atom stereocenters. The fraction of sp³-hybridized carbons (Fsp3) is 0.227. The summed E-state index contributed by atoms with van der Waals surface area (Å²) in [4.78, 5) is 13.2. The molecule has 2 nitrogen and oxygen atoms in total. The number of ether oxygens (including phenoxy) is 1. The molecule has 0 unspecified atom stereocenters. The van der Waals surface area contributed by atoms with Gasteiger partial charge in [-0.1, -0.05) is 50.2 Å². The lowest BCUT2D eigenvalue weighted by Gasteiger charge is -2.06. The molecule has 128 valence electrons. The van der Waals surface area contributed by atoms with Gasteiger partial charge < -0.3 is 4.74 Å². The van der Waals surface area contributed by atoms with Gasteiger partial charge in [0, 0.05) is 4.88 Å². The molecule has 0 bridgehead atoms. The summed E-state index contributed by atoms with van der Waals surface area (Å²) >= 11 is 1.72. The molecule has 3 aromatic rings. The summed E-state index contributed by atoms with van der Waals surface area (Å²) in [5.41, 5.74) is 5.32. The maximum Gasteiger partial charge on any atom is 0.338 e. The van der Waals surface area contributed by atoms with Crippen molar-refractivity contribution in [3.05, 3.63) is 71.1 Å². The second-order valence-corrected chi connectivity index (χ2v) is 7.19. The summed E-state index contributed by atoms with van der Waals surface area (Å²) in [6, 6.07) is 18.5. The Balaban J connectivity index is 1.86. The summed E-state index contributed by atoms with van der Waals surface area (Å²) in [6.45, 7) is 6.61. The number of esters is 1. The van der Waals surface area contributed by atoms with Gasteiger partial charge in [0.1, 0.15) is 0 Å². The highest BCUT2D eigenvalue weighted by molar-refractivity contribution is 7.14. The van der Waals surface area contributed by atoms with Crippen LogP contribution in [0.3, 0.4) is 0 Å². The largest absolute Gasteiger partial charge is 0.462 e. The van der Waals surface area contributed by atoms with Gasteiger partial charge in [-0.2, -0.15) is 0 Å². The first kappa shape index (κ1) is 17.4. The molecule has 0 N–H and O–H groups in total. The van der Waals surface area contributed by atoms with Crippen molar-refractivity contribution >= 4 is 17.3 Å². The van der Waals surface area contributed by atoms with Crippen LogP contribution in [-0.2, 0) is 4.74 Å². The standard InChI is InChI=1S/C22H22O2S/c1-4-24-22(23)19-7-5-6-18(12-19)20-13-21(25-14-20)17-10-8-16(9-11-17)15(2)3/h5-15H,4H2,1-3H3. The Morgan fingerprint density at radius 2 is 1.76 bits per heavy atom. The molecule has 2 aromatic carbocycles. The van der Waals surface area contributed by atoms with E-state index in [4.69, 9.17) is 4.74 Å². The van der Waals surface area contributed by atoms with Gasteiger partial charge in [0.15, 0.2) is 0 Å². The Bertz CT molecular complexity index is 860. The maximum absolute atomic E-state index is 11.9. The van der Waals surface area contributed by atoms with Crippen LogP contribution in [0.2, 0.25) is 0 Å². The molecule has 0 amide bonds. The third-order valence-corrected chi connectivity index (χ3v) is 5.15. The molecule has 0 aliphatic heterocycles. The zero-order valence-corrected chi connectivity index (χ0v) is 15.6. The first-order valence-corrected chi connectivity index (χ1v) is 9.43. The summed E-state index contributed by atoms with van der Waals surface area (Å²) < 4.78 is 5.09. The van der Waals surface area contributed by atoms with E-state index in [0.717, 1.165) is 11.1 Å². The number of rotatable bonds is 5. The maximum atomic E-state index is 11.9. The van der Waals surface area contributed by atoms with Gasteiger partial charge in [0.05, 0.1) is 12.2 Å². The van der Waals surface area contributed by atoms with E-state index in [2.05, 4.69) is 49.6 Å². The van der Waals surface area contributed by atoms with Crippen molar-refractivity contribution in [3.63, 3.8) is 0 Å². The van der Waals surface area contributed by atoms with Gasteiger partial charge in [-0.15, -0.1) is 11.3 Å². The molecule has 0 saturated carbocycles. The van der Waals surface area contributed by atoms with Crippen LogP contribution in [0, 0.1) is 0 Å². The Hall–Kier alpha value is -2.39. The molecule has 25 heavy (non-hydrogen) atoms.